The molecule has 4 heterocycles. The number of carbonyl (C=O) groups excluding carboxylic acids is 1. The van der Waals surface area contributed by atoms with Gasteiger partial charge in [-0.15, -0.1) is 0 Å². The third-order valence-electron chi connectivity index (χ3n) is 5.26. The van der Waals surface area contributed by atoms with Gasteiger partial charge in [0, 0.05) is 58.1 Å². The van der Waals surface area contributed by atoms with Gasteiger partial charge in [0.2, 0.25) is 5.91 Å². The molecule has 0 spiro atoms. The molecule has 0 radical (unpaired) electrons. The van der Waals surface area contributed by atoms with Crippen LogP contribution < -0.4 is 0 Å². The lowest BCUT2D eigenvalue weighted by Crippen LogP contribution is -2.48. The fraction of sp³-hybridized carbons (Fsp3) is 0.750. The van der Waals surface area contributed by atoms with Gasteiger partial charge in [-0.3, -0.25) is 9.69 Å². The standard InChI is InChI=1S/C16H24N4O2/c21-16-2-1-5-18(16)10-15-11-19(13-3-6-22-7-4-13)9-14-8-17-12-20(14)15/h8,12-13,15H,1-7,9-11H2. The summed E-state index contributed by atoms with van der Waals surface area (Å²) in [7, 11) is 0. The molecule has 2 fully saturated rings. The van der Waals surface area contributed by atoms with Crippen molar-refractivity contribution in [3.63, 3.8) is 0 Å². The second-order valence-electron chi connectivity index (χ2n) is 6.66. The van der Waals surface area contributed by atoms with Gasteiger partial charge in [-0.05, 0) is 19.3 Å². The highest BCUT2D eigenvalue weighted by atomic mass is 16.5. The van der Waals surface area contributed by atoms with E-state index < -0.39 is 0 Å². The number of hydrogen-bond donors (Lipinski definition) is 0. The van der Waals surface area contributed by atoms with E-state index in [1.807, 2.05) is 17.4 Å². The van der Waals surface area contributed by atoms with Crippen molar-refractivity contribution >= 4 is 5.91 Å². The van der Waals surface area contributed by atoms with Crippen molar-refractivity contribution in [3.05, 3.63) is 18.2 Å². The van der Waals surface area contributed by atoms with E-state index in [9.17, 15) is 4.79 Å². The number of imidazole rings is 1. The molecular weight excluding hydrogens is 280 g/mol. The minimum Gasteiger partial charge on any atom is -0.381 e. The topological polar surface area (TPSA) is 50.6 Å². The van der Waals surface area contributed by atoms with Crippen molar-refractivity contribution in [2.45, 2.75) is 44.3 Å². The lowest BCUT2D eigenvalue weighted by molar-refractivity contribution is -0.128. The molecule has 4 rings (SSSR count). The Labute approximate surface area is 131 Å². The molecule has 2 saturated heterocycles. The average Bonchev–Trinajstić information content (AvgIpc) is 3.17. The lowest BCUT2D eigenvalue weighted by Gasteiger charge is -2.41. The molecule has 0 N–H and O–H groups in total. The third kappa shape index (κ3) is 2.65. The van der Waals surface area contributed by atoms with Crippen LogP contribution in [0.25, 0.3) is 0 Å². The average molecular weight is 304 g/mol. The highest BCUT2D eigenvalue weighted by Crippen LogP contribution is 2.27. The van der Waals surface area contributed by atoms with Crippen molar-refractivity contribution in [1.82, 2.24) is 19.4 Å². The molecule has 1 unspecified atom stereocenters. The number of rotatable bonds is 3. The van der Waals surface area contributed by atoms with Gasteiger partial charge in [-0.2, -0.15) is 0 Å². The van der Waals surface area contributed by atoms with E-state index in [-0.39, 0.29) is 0 Å². The number of likely N-dealkylation sites (tertiary alicyclic amines) is 1. The molecule has 6 nitrogen and oxygen atoms in total. The van der Waals surface area contributed by atoms with Crippen LogP contribution in [-0.4, -0.2) is 64.1 Å². The Morgan fingerprint density at radius 1 is 1.32 bits per heavy atom. The molecule has 120 valence electrons. The predicted octanol–water partition coefficient (Wildman–Crippen LogP) is 1.04. The molecule has 1 aromatic rings. The number of hydrogen-bond acceptors (Lipinski definition) is 4. The van der Waals surface area contributed by atoms with E-state index in [0.29, 0.717) is 24.4 Å². The van der Waals surface area contributed by atoms with Crippen LogP contribution in [0.2, 0.25) is 0 Å². The molecule has 1 amide bonds. The van der Waals surface area contributed by atoms with Gasteiger partial charge >= 0.3 is 0 Å². The summed E-state index contributed by atoms with van der Waals surface area (Å²) >= 11 is 0. The number of carbonyl (C=O) groups is 1. The first kappa shape index (κ1) is 14.2. The Hall–Kier alpha value is -1.40. The van der Waals surface area contributed by atoms with Gasteiger partial charge in [-0.25, -0.2) is 4.98 Å². The Kier molecular flexibility index (Phi) is 3.88. The summed E-state index contributed by atoms with van der Waals surface area (Å²) < 4.78 is 7.78. The molecule has 3 aliphatic heterocycles. The minimum absolute atomic E-state index is 0.310. The Bertz CT molecular complexity index is 538. The zero-order valence-corrected chi connectivity index (χ0v) is 13.0. The molecule has 0 aliphatic carbocycles. The summed E-state index contributed by atoms with van der Waals surface area (Å²) in [4.78, 5) is 20.9. The molecular formula is C16H24N4O2. The highest BCUT2D eigenvalue weighted by molar-refractivity contribution is 5.78. The first-order valence-electron chi connectivity index (χ1n) is 8.41. The minimum atomic E-state index is 0.310. The maximum atomic E-state index is 12.0. The van der Waals surface area contributed by atoms with Crippen LogP contribution in [0.5, 0.6) is 0 Å². The van der Waals surface area contributed by atoms with E-state index in [0.717, 1.165) is 58.7 Å². The SMILES string of the molecule is O=C1CCCN1CC1CN(C2CCOCC2)Cc2cncn21. The number of amides is 1. The largest absolute Gasteiger partial charge is 0.381 e. The van der Waals surface area contributed by atoms with Gasteiger partial charge in [0.25, 0.3) is 0 Å². The summed E-state index contributed by atoms with van der Waals surface area (Å²) in [6.07, 6.45) is 7.86. The molecule has 1 atom stereocenters. The van der Waals surface area contributed by atoms with Crippen LogP contribution in [0, 0.1) is 0 Å². The quantitative estimate of drug-likeness (QED) is 0.837. The molecule has 22 heavy (non-hydrogen) atoms. The summed E-state index contributed by atoms with van der Waals surface area (Å²) in [6, 6.07) is 0.935. The van der Waals surface area contributed by atoms with Crippen LogP contribution in [0.3, 0.4) is 0 Å². The molecule has 1 aromatic heterocycles. The first-order valence-corrected chi connectivity index (χ1v) is 8.41. The number of nitrogens with zero attached hydrogens (tertiary/aromatic N) is 4. The van der Waals surface area contributed by atoms with Crippen LogP contribution >= 0.6 is 0 Å². The smallest absolute Gasteiger partial charge is 0.222 e. The maximum absolute atomic E-state index is 12.0. The fourth-order valence-electron chi connectivity index (χ4n) is 4.04. The molecule has 0 aromatic carbocycles. The fourth-order valence-corrected chi connectivity index (χ4v) is 4.04. The van der Waals surface area contributed by atoms with Crippen molar-refractivity contribution in [2.24, 2.45) is 0 Å². The first-order chi connectivity index (χ1) is 10.8. The zero-order chi connectivity index (χ0) is 14.9. The van der Waals surface area contributed by atoms with Crippen molar-refractivity contribution < 1.29 is 9.53 Å². The summed E-state index contributed by atoms with van der Waals surface area (Å²) in [5, 5.41) is 0. The van der Waals surface area contributed by atoms with Crippen LogP contribution in [-0.2, 0) is 16.1 Å². The summed E-state index contributed by atoms with van der Waals surface area (Å²) in [5.41, 5.74) is 1.27. The van der Waals surface area contributed by atoms with Gasteiger partial charge < -0.3 is 14.2 Å². The van der Waals surface area contributed by atoms with E-state index in [1.165, 1.54) is 5.69 Å². The van der Waals surface area contributed by atoms with E-state index >= 15 is 0 Å². The van der Waals surface area contributed by atoms with Gasteiger partial charge in [0.15, 0.2) is 0 Å². The predicted molar refractivity (Wildman–Crippen MR) is 81.3 cm³/mol. The van der Waals surface area contributed by atoms with Gasteiger partial charge in [-0.1, -0.05) is 0 Å². The van der Waals surface area contributed by atoms with Crippen molar-refractivity contribution in [3.8, 4) is 0 Å². The summed E-state index contributed by atoms with van der Waals surface area (Å²) in [5.74, 6) is 0.310. The van der Waals surface area contributed by atoms with Crippen LogP contribution in [0.15, 0.2) is 12.5 Å². The van der Waals surface area contributed by atoms with E-state index in [2.05, 4.69) is 14.5 Å². The Morgan fingerprint density at radius 2 is 2.18 bits per heavy atom. The van der Waals surface area contributed by atoms with Gasteiger partial charge in [0.05, 0.1) is 18.1 Å². The molecule has 6 heteroatoms. The van der Waals surface area contributed by atoms with E-state index in [1.54, 1.807) is 0 Å². The molecule has 0 saturated carbocycles. The summed E-state index contributed by atoms with van der Waals surface area (Å²) in [6.45, 7) is 5.46. The number of ether oxygens (including phenoxy) is 1. The van der Waals surface area contributed by atoms with Crippen molar-refractivity contribution in [1.29, 1.82) is 0 Å². The van der Waals surface area contributed by atoms with Gasteiger partial charge in [0.1, 0.15) is 0 Å². The maximum Gasteiger partial charge on any atom is 0.222 e. The third-order valence-corrected chi connectivity index (χ3v) is 5.26. The van der Waals surface area contributed by atoms with Crippen molar-refractivity contribution in [2.75, 3.05) is 32.8 Å². The second-order valence-corrected chi connectivity index (χ2v) is 6.66. The number of aromatic nitrogens is 2. The monoisotopic (exact) mass is 304 g/mol. The Morgan fingerprint density at radius 3 is 2.95 bits per heavy atom. The van der Waals surface area contributed by atoms with Crippen LogP contribution in [0.1, 0.15) is 37.4 Å². The molecule has 3 aliphatic rings. The normalized spacial score (nSPS) is 27.4. The number of fused-ring (bicyclic) bond motifs is 1. The van der Waals surface area contributed by atoms with Crippen LogP contribution in [0.4, 0.5) is 0 Å². The lowest BCUT2D eigenvalue weighted by atomic mass is 10.0. The zero-order valence-electron chi connectivity index (χ0n) is 13.0. The Balaban J connectivity index is 1.51. The highest BCUT2D eigenvalue weighted by Gasteiger charge is 2.33. The molecule has 0 bridgehead atoms. The second kappa shape index (κ2) is 6.01. The van der Waals surface area contributed by atoms with E-state index in [4.69, 9.17) is 4.74 Å².